The van der Waals surface area contributed by atoms with E-state index in [9.17, 15) is 0 Å². The largest absolute Gasteiger partial charge is 0.493 e. The average molecular weight is 533 g/mol. The van der Waals surface area contributed by atoms with Gasteiger partial charge in [-0.25, -0.2) is 0 Å². The van der Waals surface area contributed by atoms with E-state index in [2.05, 4.69) is 46.2 Å². The zero-order valence-electron chi connectivity index (χ0n) is 23.4. The van der Waals surface area contributed by atoms with Crippen LogP contribution in [0.1, 0.15) is 46.1 Å². The third-order valence-corrected chi connectivity index (χ3v) is 8.55. The SMILES string of the molecule is COc1ccc(C2N3CCc4cc(OC)c(OC)cc4[C@H]3[C@@H]3c4cc(OC)c(OC)cc4CCN23)cc1OC. The summed E-state index contributed by atoms with van der Waals surface area (Å²) < 4.78 is 34.1. The Hall–Kier alpha value is -3.62. The van der Waals surface area contributed by atoms with Crippen LogP contribution < -0.4 is 28.4 Å². The molecule has 3 aromatic rings. The number of ether oxygens (including phenoxy) is 6. The van der Waals surface area contributed by atoms with Crippen molar-refractivity contribution in [2.45, 2.75) is 31.1 Å². The smallest absolute Gasteiger partial charge is 0.161 e. The molecule has 8 nitrogen and oxygen atoms in total. The van der Waals surface area contributed by atoms with Gasteiger partial charge in [0.1, 0.15) is 0 Å². The first-order valence-electron chi connectivity index (χ1n) is 13.3. The first-order valence-corrected chi connectivity index (χ1v) is 13.3. The zero-order chi connectivity index (χ0) is 27.3. The summed E-state index contributed by atoms with van der Waals surface area (Å²) in [6.45, 7) is 1.84. The summed E-state index contributed by atoms with van der Waals surface area (Å²) >= 11 is 0. The highest BCUT2D eigenvalue weighted by Gasteiger charge is 2.52. The van der Waals surface area contributed by atoms with Crippen LogP contribution in [-0.2, 0) is 12.8 Å². The van der Waals surface area contributed by atoms with Gasteiger partial charge in [0, 0.05) is 13.1 Å². The molecule has 0 aromatic heterocycles. The van der Waals surface area contributed by atoms with Crippen LogP contribution in [-0.4, -0.2) is 65.5 Å². The maximum atomic E-state index is 5.77. The summed E-state index contributed by atoms with van der Waals surface area (Å²) in [7, 11) is 10.2. The van der Waals surface area contributed by atoms with Crippen molar-refractivity contribution >= 4 is 0 Å². The van der Waals surface area contributed by atoms with Crippen molar-refractivity contribution in [3.05, 3.63) is 70.3 Å². The Kier molecular flexibility index (Phi) is 6.69. The van der Waals surface area contributed by atoms with E-state index < -0.39 is 0 Å². The van der Waals surface area contributed by atoms with Gasteiger partial charge in [-0.15, -0.1) is 0 Å². The van der Waals surface area contributed by atoms with Gasteiger partial charge in [-0.3, -0.25) is 9.80 Å². The Morgan fingerprint density at radius 1 is 0.513 bits per heavy atom. The molecule has 206 valence electrons. The maximum Gasteiger partial charge on any atom is 0.161 e. The van der Waals surface area contributed by atoms with Crippen molar-refractivity contribution in [3.63, 3.8) is 0 Å². The van der Waals surface area contributed by atoms with Crippen molar-refractivity contribution in [1.29, 1.82) is 0 Å². The second-order valence-corrected chi connectivity index (χ2v) is 10.2. The van der Waals surface area contributed by atoms with Gasteiger partial charge in [0.2, 0.25) is 0 Å². The number of methoxy groups -OCH3 is 6. The molecule has 3 heterocycles. The lowest BCUT2D eigenvalue weighted by Gasteiger charge is -2.37. The van der Waals surface area contributed by atoms with E-state index in [-0.39, 0.29) is 18.2 Å². The van der Waals surface area contributed by atoms with Gasteiger partial charge in [0.05, 0.1) is 60.9 Å². The van der Waals surface area contributed by atoms with E-state index in [1.54, 1.807) is 42.7 Å². The molecule has 0 spiro atoms. The molecule has 0 saturated carbocycles. The molecule has 0 unspecified atom stereocenters. The van der Waals surface area contributed by atoms with Crippen molar-refractivity contribution in [2.24, 2.45) is 0 Å². The van der Waals surface area contributed by atoms with Crippen molar-refractivity contribution in [1.82, 2.24) is 9.80 Å². The van der Waals surface area contributed by atoms with Crippen molar-refractivity contribution < 1.29 is 28.4 Å². The zero-order valence-corrected chi connectivity index (χ0v) is 23.4. The summed E-state index contributed by atoms with van der Waals surface area (Å²) in [6, 6.07) is 15.2. The molecule has 0 aliphatic carbocycles. The fourth-order valence-electron chi connectivity index (χ4n) is 6.83. The van der Waals surface area contributed by atoms with Crippen LogP contribution in [0.4, 0.5) is 0 Å². The monoisotopic (exact) mass is 532 g/mol. The van der Waals surface area contributed by atoms with Crippen molar-refractivity contribution in [2.75, 3.05) is 55.7 Å². The molecule has 6 rings (SSSR count). The predicted molar refractivity (Wildman–Crippen MR) is 148 cm³/mol. The Bertz CT molecular complexity index is 1310. The fourth-order valence-corrected chi connectivity index (χ4v) is 6.83. The maximum absolute atomic E-state index is 5.77. The topological polar surface area (TPSA) is 61.9 Å². The van der Waals surface area contributed by atoms with Gasteiger partial charge in [-0.1, -0.05) is 6.07 Å². The van der Waals surface area contributed by atoms with Gasteiger partial charge >= 0.3 is 0 Å². The van der Waals surface area contributed by atoms with E-state index in [1.807, 2.05) is 6.07 Å². The van der Waals surface area contributed by atoms with Crippen LogP contribution in [0.15, 0.2) is 42.5 Å². The van der Waals surface area contributed by atoms with E-state index in [0.717, 1.165) is 60.4 Å². The lowest BCUT2D eigenvalue weighted by molar-refractivity contribution is 0.108. The van der Waals surface area contributed by atoms with Crippen LogP contribution in [0.5, 0.6) is 34.5 Å². The van der Waals surface area contributed by atoms with Crippen LogP contribution in [0.25, 0.3) is 0 Å². The minimum absolute atomic E-state index is 0.0716. The van der Waals surface area contributed by atoms with Gasteiger partial charge in [-0.05, 0) is 77.1 Å². The number of fused-ring (bicyclic) bond motifs is 7. The van der Waals surface area contributed by atoms with Gasteiger partial charge in [0.15, 0.2) is 34.5 Å². The first-order chi connectivity index (χ1) is 19.1. The van der Waals surface area contributed by atoms with Gasteiger partial charge in [0.25, 0.3) is 0 Å². The molecule has 39 heavy (non-hydrogen) atoms. The van der Waals surface area contributed by atoms with Crippen LogP contribution in [0.3, 0.4) is 0 Å². The third kappa shape index (κ3) is 3.96. The van der Waals surface area contributed by atoms with Crippen LogP contribution in [0.2, 0.25) is 0 Å². The summed E-state index contributed by atoms with van der Waals surface area (Å²) in [6.07, 6.45) is 1.92. The molecule has 3 aliphatic rings. The molecule has 0 N–H and O–H groups in total. The molecule has 0 bridgehead atoms. The molecule has 8 heteroatoms. The summed E-state index contributed by atoms with van der Waals surface area (Å²) in [4.78, 5) is 5.26. The molecule has 1 fully saturated rings. The minimum Gasteiger partial charge on any atom is -0.493 e. The number of hydrogen-bond donors (Lipinski definition) is 0. The molecular formula is C31H36N2O6. The molecule has 0 radical (unpaired) electrons. The first kappa shape index (κ1) is 25.6. The number of nitrogens with zero attached hydrogens (tertiary/aromatic N) is 2. The quantitative estimate of drug-likeness (QED) is 0.424. The summed E-state index contributed by atoms with van der Waals surface area (Å²) in [5.41, 5.74) is 6.34. The fraction of sp³-hybridized carbons (Fsp3) is 0.419. The molecule has 2 atom stereocenters. The number of rotatable bonds is 7. The Balaban J connectivity index is 1.55. The number of hydrogen-bond acceptors (Lipinski definition) is 8. The molecule has 3 aliphatic heterocycles. The molecule has 3 aromatic carbocycles. The second kappa shape index (κ2) is 10.2. The van der Waals surface area contributed by atoms with Crippen molar-refractivity contribution in [3.8, 4) is 34.5 Å². The van der Waals surface area contributed by atoms with E-state index in [1.165, 1.54) is 27.8 Å². The molecule has 1 saturated heterocycles. The highest BCUT2D eigenvalue weighted by atomic mass is 16.5. The number of benzene rings is 3. The standard InChI is InChI=1S/C31H36N2O6/c1-34-23-8-7-20(15-24(23)35-2)31-32-11-9-18-13-25(36-3)27(38-5)16-21(18)29(32)30-22-17-28(39-6)26(37-4)14-19(22)10-12-33(30)31/h7-8,13-17,29-31H,9-12H2,1-6H3/t29-,30-/m0/s1. The van der Waals surface area contributed by atoms with E-state index in [0.29, 0.717) is 0 Å². The predicted octanol–water partition coefficient (Wildman–Crippen LogP) is 4.95. The third-order valence-electron chi connectivity index (χ3n) is 8.55. The van der Waals surface area contributed by atoms with E-state index in [4.69, 9.17) is 28.4 Å². The van der Waals surface area contributed by atoms with Gasteiger partial charge in [-0.2, -0.15) is 0 Å². The van der Waals surface area contributed by atoms with E-state index >= 15 is 0 Å². The average Bonchev–Trinajstić information content (AvgIpc) is 3.34. The van der Waals surface area contributed by atoms with Crippen LogP contribution >= 0.6 is 0 Å². The Morgan fingerprint density at radius 3 is 1.36 bits per heavy atom. The molecule has 0 amide bonds. The minimum atomic E-state index is 0.0716. The lowest BCUT2D eigenvalue weighted by atomic mass is 9.82. The van der Waals surface area contributed by atoms with Crippen LogP contribution in [0, 0.1) is 0 Å². The Labute approximate surface area is 229 Å². The molecular weight excluding hydrogens is 496 g/mol. The highest BCUT2D eigenvalue weighted by molar-refractivity contribution is 5.55. The lowest BCUT2D eigenvalue weighted by Crippen LogP contribution is -2.36. The highest BCUT2D eigenvalue weighted by Crippen LogP contribution is 2.58. The Morgan fingerprint density at radius 2 is 0.923 bits per heavy atom. The second-order valence-electron chi connectivity index (χ2n) is 10.2. The van der Waals surface area contributed by atoms with Gasteiger partial charge < -0.3 is 28.4 Å². The normalized spacial score (nSPS) is 20.4. The summed E-state index contributed by atoms with van der Waals surface area (Å²) in [5, 5.41) is 0. The summed E-state index contributed by atoms with van der Waals surface area (Å²) in [5.74, 6) is 4.51.